The van der Waals surface area contributed by atoms with Crippen LogP contribution in [0.4, 0.5) is 0 Å². The third-order valence-corrected chi connectivity index (χ3v) is 13.3. The third-order valence-electron chi connectivity index (χ3n) is 9.08. The van der Waals surface area contributed by atoms with Crippen LogP contribution in [0.2, 0.25) is 17.3 Å². The number of fused-ring (bicyclic) bond motifs is 3. The zero-order valence-electron chi connectivity index (χ0n) is 29.6. The van der Waals surface area contributed by atoms with Crippen LogP contribution in [0.3, 0.4) is 0 Å². The number of furan rings is 1. The fourth-order valence-electron chi connectivity index (χ4n) is 6.09. The van der Waals surface area contributed by atoms with Gasteiger partial charge in [0.1, 0.15) is 5.58 Å². The van der Waals surface area contributed by atoms with Gasteiger partial charge in [-0.3, -0.25) is 0 Å². The van der Waals surface area contributed by atoms with Crippen molar-refractivity contribution in [3.8, 4) is 44.8 Å². The quantitative estimate of drug-likeness (QED) is 0.123. The molecule has 8 rings (SSSR count). The van der Waals surface area contributed by atoms with Gasteiger partial charge >= 0.3 is 99.8 Å². The summed E-state index contributed by atoms with van der Waals surface area (Å²) in [6, 6.07) is 52.7. The Kier molecular flexibility index (Phi) is 11.2. The van der Waals surface area contributed by atoms with E-state index in [2.05, 4.69) is 150 Å². The molecule has 0 aliphatic carbocycles. The van der Waals surface area contributed by atoms with Crippen molar-refractivity contribution in [3.63, 3.8) is 0 Å². The maximum atomic E-state index is 6.33. The largest absolute Gasteiger partial charge is 0 e. The Morgan fingerprint density at radius 1 is 0.608 bits per heavy atom. The standard InChI is InChI=1S/C32H24NO.C14H16GeN.Ir/c1-21(2)25-17-18-33-30(20-25)28-10-6-9-27-29-19-26(15-16-31(29)34-32(27)28)24-13-11-23(12-14-24)22-7-4-3-5-8-22;1-15(2,3)13-9-10-14(16-11-13)12-7-5-4-6-8-12;/h3-9,11-21H,1-2H3;4-7,9-11H,1-3H3;/q2*-1;. The van der Waals surface area contributed by atoms with Gasteiger partial charge in [-0.25, -0.2) is 0 Å². The predicted octanol–water partition coefficient (Wildman–Crippen LogP) is 12.0. The zero-order valence-corrected chi connectivity index (χ0v) is 34.1. The molecule has 255 valence electrons. The van der Waals surface area contributed by atoms with Crippen LogP contribution in [0.25, 0.3) is 66.7 Å². The SMILES string of the molecule is CC(C)c1ccnc(-c2[c-]ccc3c2oc2ccc(-c4ccc(-c5ccccc5)cc4)cc23)c1.[CH3][Ge]([CH3])([CH3])[c]1ccc(-c2[c-]cccc2)nc1.[Ir]. The number of nitrogens with zero attached hydrogens (tertiary/aromatic N) is 2. The normalized spacial score (nSPS) is 11.3. The Balaban J connectivity index is 0.000000222. The molecule has 0 saturated carbocycles. The van der Waals surface area contributed by atoms with Crippen LogP contribution in [0, 0.1) is 12.1 Å². The molecule has 0 spiro atoms. The van der Waals surface area contributed by atoms with Gasteiger partial charge in [-0.05, 0) is 52.1 Å². The van der Waals surface area contributed by atoms with E-state index < -0.39 is 13.3 Å². The summed E-state index contributed by atoms with van der Waals surface area (Å²) in [6.45, 7) is 4.39. The molecule has 0 N–H and O–H groups in total. The van der Waals surface area contributed by atoms with Crippen LogP contribution in [0.5, 0.6) is 0 Å². The molecule has 0 saturated heterocycles. The van der Waals surface area contributed by atoms with Crippen LogP contribution in [0.1, 0.15) is 25.3 Å². The van der Waals surface area contributed by atoms with Gasteiger partial charge in [-0.2, -0.15) is 0 Å². The van der Waals surface area contributed by atoms with E-state index in [9.17, 15) is 0 Å². The summed E-state index contributed by atoms with van der Waals surface area (Å²) in [5, 5.41) is 2.19. The summed E-state index contributed by atoms with van der Waals surface area (Å²) < 4.78 is 7.78. The summed E-state index contributed by atoms with van der Waals surface area (Å²) in [4.78, 5) is 9.15. The van der Waals surface area contributed by atoms with Gasteiger partial charge < -0.3 is 9.40 Å². The minimum absolute atomic E-state index is 0. The third kappa shape index (κ3) is 8.15. The van der Waals surface area contributed by atoms with E-state index in [1.165, 1.54) is 32.2 Å². The monoisotopic (exact) mass is 903 g/mol. The fourth-order valence-corrected chi connectivity index (χ4v) is 8.26. The second kappa shape index (κ2) is 15.7. The molecule has 0 unspecified atom stereocenters. The molecule has 0 amide bonds. The Labute approximate surface area is 317 Å². The Morgan fingerprint density at radius 3 is 1.98 bits per heavy atom. The predicted molar refractivity (Wildman–Crippen MR) is 212 cm³/mol. The van der Waals surface area contributed by atoms with E-state index in [1.54, 1.807) is 0 Å². The molecular formula is C46H40GeIrN2O-2. The molecule has 1 radical (unpaired) electrons. The van der Waals surface area contributed by atoms with E-state index in [1.807, 2.05) is 48.8 Å². The van der Waals surface area contributed by atoms with Crippen molar-refractivity contribution < 1.29 is 24.5 Å². The van der Waals surface area contributed by atoms with Crippen molar-refractivity contribution in [2.45, 2.75) is 37.0 Å². The number of hydrogen-bond acceptors (Lipinski definition) is 3. The van der Waals surface area contributed by atoms with E-state index in [0.717, 1.165) is 44.5 Å². The van der Waals surface area contributed by atoms with Crippen LogP contribution in [-0.2, 0) is 20.1 Å². The first kappa shape index (κ1) is 36.2. The van der Waals surface area contributed by atoms with Crippen LogP contribution in [-0.4, -0.2) is 23.2 Å². The molecule has 5 aromatic carbocycles. The number of aromatic nitrogens is 2. The van der Waals surface area contributed by atoms with Crippen LogP contribution in [0.15, 0.2) is 150 Å². The summed E-state index contributed by atoms with van der Waals surface area (Å²) in [5.74, 6) is 7.58. The summed E-state index contributed by atoms with van der Waals surface area (Å²) in [6.07, 6.45) is 3.91. The molecule has 0 aliphatic rings. The van der Waals surface area contributed by atoms with Gasteiger partial charge in [-0.1, -0.05) is 97.1 Å². The second-order valence-corrected chi connectivity index (χ2v) is 24.6. The minimum Gasteiger partial charge on any atom is 0 e. The average Bonchev–Trinajstić information content (AvgIpc) is 3.54. The van der Waals surface area contributed by atoms with Crippen molar-refractivity contribution >= 4 is 39.6 Å². The maximum absolute atomic E-state index is 6.33. The Morgan fingerprint density at radius 2 is 1.31 bits per heavy atom. The van der Waals surface area contributed by atoms with Crippen molar-refractivity contribution in [3.05, 3.63) is 164 Å². The molecule has 0 atom stereocenters. The second-order valence-electron chi connectivity index (χ2n) is 13.9. The number of pyridine rings is 2. The van der Waals surface area contributed by atoms with Gasteiger partial charge in [0.2, 0.25) is 0 Å². The van der Waals surface area contributed by atoms with Crippen molar-refractivity contribution in [2.24, 2.45) is 0 Å². The molecule has 0 aliphatic heterocycles. The van der Waals surface area contributed by atoms with Crippen LogP contribution < -0.4 is 4.40 Å². The summed E-state index contributed by atoms with van der Waals surface area (Å²) in [5.41, 5.74) is 11.6. The molecule has 5 heteroatoms. The minimum atomic E-state index is -1.72. The molecule has 0 fully saturated rings. The van der Waals surface area contributed by atoms with E-state index in [-0.39, 0.29) is 20.1 Å². The van der Waals surface area contributed by atoms with Crippen molar-refractivity contribution in [2.75, 3.05) is 0 Å². The molecule has 8 aromatic rings. The number of benzene rings is 5. The summed E-state index contributed by atoms with van der Waals surface area (Å²) >= 11 is -1.72. The Bertz CT molecular complexity index is 2360. The van der Waals surface area contributed by atoms with Gasteiger partial charge in [0.15, 0.2) is 0 Å². The molecule has 51 heavy (non-hydrogen) atoms. The first-order chi connectivity index (χ1) is 24.2. The molecule has 0 bridgehead atoms. The zero-order chi connectivity index (χ0) is 34.7. The van der Waals surface area contributed by atoms with E-state index >= 15 is 0 Å². The topological polar surface area (TPSA) is 38.9 Å². The van der Waals surface area contributed by atoms with Gasteiger partial charge in [0.05, 0.1) is 5.58 Å². The van der Waals surface area contributed by atoms with Crippen LogP contribution >= 0.6 is 0 Å². The van der Waals surface area contributed by atoms with Crippen molar-refractivity contribution in [1.29, 1.82) is 0 Å². The first-order valence-electron chi connectivity index (χ1n) is 17.2. The molecule has 3 nitrogen and oxygen atoms in total. The number of rotatable bonds is 6. The van der Waals surface area contributed by atoms with E-state index in [4.69, 9.17) is 4.42 Å². The van der Waals surface area contributed by atoms with E-state index in [0.29, 0.717) is 5.92 Å². The first-order valence-corrected chi connectivity index (χ1v) is 24.5. The maximum Gasteiger partial charge on any atom is 0 e. The molecule has 3 heterocycles. The smallest absolute Gasteiger partial charge is 0 e. The number of hydrogen-bond donors (Lipinski definition) is 0. The Hall–Kier alpha value is -4.61. The molecular weight excluding hydrogens is 861 g/mol. The average molecular weight is 902 g/mol. The fraction of sp³-hybridized carbons (Fsp3) is 0.130. The molecule has 3 aromatic heterocycles. The van der Waals surface area contributed by atoms with Crippen molar-refractivity contribution in [1.82, 2.24) is 9.97 Å². The summed E-state index contributed by atoms with van der Waals surface area (Å²) in [7, 11) is 0. The van der Waals surface area contributed by atoms with Gasteiger partial charge in [0, 0.05) is 31.7 Å². The van der Waals surface area contributed by atoms with Gasteiger partial charge in [0.25, 0.3) is 0 Å². The van der Waals surface area contributed by atoms with Gasteiger partial charge in [-0.15, -0.1) is 18.2 Å².